The second-order valence-electron chi connectivity index (χ2n) is 9.01. The van der Waals surface area contributed by atoms with Gasteiger partial charge in [0.15, 0.2) is 0 Å². The summed E-state index contributed by atoms with van der Waals surface area (Å²) in [6.07, 6.45) is 2.13. The van der Waals surface area contributed by atoms with Crippen molar-refractivity contribution in [2.45, 2.75) is 71.5 Å². The maximum absolute atomic E-state index is 12.5. The zero-order chi connectivity index (χ0) is 21.7. The lowest BCUT2D eigenvalue weighted by molar-refractivity contribution is -0.118. The van der Waals surface area contributed by atoms with Gasteiger partial charge in [-0.2, -0.15) is 0 Å². The highest BCUT2D eigenvalue weighted by atomic mass is 16.2. The molecule has 30 heavy (non-hydrogen) atoms. The minimum atomic E-state index is 0.00548. The van der Waals surface area contributed by atoms with Crippen LogP contribution in [0, 0.1) is 12.0 Å². The molecule has 1 aliphatic rings. The Morgan fingerprint density at radius 3 is 2.50 bits per heavy atom. The molecule has 2 aromatic carbocycles. The Balaban J connectivity index is 1.71. The molecule has 0 unspecified atom stereocenters. The summed E-state index contributed by atoms with van der Waals surface area (Å²) in [5.41, 5.74) is 4.49. The highest BCUT2D eigenvalue weighted by Crippen LogP contribution is 2.39. The first-order chi connectivity index (χ1) is 14.3. The number of benzene rings is 2. The largest absolute Gasteiger partial charge is 0.378 e. The lowest BCUT2D eigenvalue weighted by atomic mass is 9.91. The van der Waals surface area contributed by atoms with Gasteiger partial charge in [0.2, 0.25) is 5.91 Å². The summed E-state index contributed by atoms with van der Waals surface area (Å²) in [6, 6.07) is 20.1. The van der Waals surface area contributed by atoms with Crippen molar-refractivity contribution in [2.75, 3.05) is 10.2 Å². The van der Waals surface area contributed by atoms with Crippen molar-refractivity contribution in [3.63, 3.8) is 0 Å². The Morgan fingerprint density at radius 2 is 1.83 bits per heavy atom. The summed E-state index contributed by atoms with van der Waals surface area (Å²) in [4.78, 5) is 14.5. The van der Waals surface area contributed by atoms with Gasteiger partial charge >= 0.3 is 0 Å². The number of carbonyl (C=O) groups is 1. The van der Waals surface area contributed by atoms with Crippen LogP contribution in [-0.2, 0) is 11.2 Å². The smallest absolute Gasteiger partial charge is 0.226 e. The topological polar surface area (TPSA) is 44.4 Å². The maximum Gasteiger partial charge on any atom is 0.226 e. The summed E-state index contributed by atoms with van der Waals surface area (Å²) in [6.45, 7) is 10.4. The van der Waals surface area contributed by atoms with Gasteiger partial charge in [-0.3, -0.25) is 4.79 Å². The van der Waals surface area contributed by atoms with Gasteiger partial charge in [0, 0.05) is 41.8 Å². The number of hydrogen-bond donors (Lipinski definition) is 2. The van der Waals surface area contributed by atoms with Gasteiger partial charge in [0.05, 0.1) is 6.04 Å². The van der Waals surface area contributed by atoms with E-state index in [9.17, 15) is 4.79 Å². The molecule has 2 atom stereocenters. The zero-order valence-electron chi connectivity index (χ0n) is 18.8. The number of amides is 1. The molecule has 0 aromatic heterocycles. The van der Waals surface area contributed by atoms with Crippen LogP contribution in [0.15, 0.2) is 48.5 Å². The minimum absolute atomic E-state index is 0.00548. The maximum atomic E-state index is 12.5. The van der Waals surface area contributed by atoms with E-state index in [0.29, 0.717) is 6.42 Å². The van der Waals surface area contributed by atoms with E-state index in [-0.39, 0.29) is 23.5 Å². The number of nitrogens with one attached hydrogen (secondary N) is 2. The average Bonchev–Trinajstić information content (AvgIpc) is 2.71. The van der Waals surface area contributed by atoms with Gasteiger partial charge in [0.1, 0.15) is 0 Å². The van der Waals surface area contributed by atoms with Gasteiger partial charge in [-0.15, -0.1) is 0 Å². The fourth-order valence-corrected chi connectivity index (χ4v) is 3.80. The number of anilines is 2. The van der Waals surface area contributed by atoms with Crippen LogP contribution in [0.4, 0.5) is 11.4 Å². The lowest BCUT2D eigenvalue weighted by Crippen LogP contribution is -2.44. The monoisotopic (exact) mass is 403 g/mol. The van der Waals surface area contributed by atoms with Gasteiger partial charge in [-0.05, 0) is 63.4 Å². The van der Waals surface area contributed by atoms with E-state index in [0.717, 1.165) is 24.2 Å². The summed E-state index contributed by atoms with van der Waals surface area (Å²) < 4.78 is 0. The van der Waals surface area contributed by atoms with Crippen molar-refractivity contribution < 1.29 is 4.79 Å². The quantitative estimate of drug-likeness (QED) is 0.540. The Bertz CT molecular complexity index is 931. The average molecular weight is 404 g/mol. The van der Waals surface area contributed by atoms with Crippen molar-refractivity contribution in [3.8, 4) is 12.0 Å². The normalized spacial score (nSPS) is 18.1. The van der Waals surface area contributed by atoms with Gasteiger partial charge < -0.3 is 15.5 Å². The minimum Gasteiger partial charge on any atom is -0.378 e. The molecule has 0 radical (unpaired) electrons. The standard InChI is InChI=1S/C26H33N3O/c1-6-25(30)29-19(2)18-23(22-11-7-8-12-24(22)29)28-21-15-13-20(14-16-21)10-9-17-27-26(3,4)5/h7-8,11-16,19,23,27-28H,6,10,18H2,1-5H3/t19-,23+/m0/s1. The van der Waals surface area contributed by atoms with E-state index in [1.54, 1.807) is 0 Å². The predicted octanol–water partition coefficient (Wildman–Crippen LogP) is 5.27. The SMILES string of the molecule is CCC(=O)N1c2ccccc2[C@H](Nc2ccc(CC#CNC(C)(C)C)cc2)C[C@@H]1C. The molecule has 1 heterocycles. The summed E-state index contributed by atoms with van der Waals surface area (Å²) in [7, 11) is 0. The second kappa shape index (κ2) is 9.26. The molecule has 4 nitrogen and oxygen atoms in total. The van der Waals surface area contributed by atoms with Gasteiger partial charge in [-0.1, -0.05) is 43.2 Å². The van der Waals surface area contributed by atoms with Crippen LogP contribution < -0.4 is 15.5 Å². The predicted molar refractivity (Wildman–Crippen MR) is 125 cm³/mol. The van der Waals surface area contributed by atoms with Crippen molar-refractivity contribution in [2.24, 2.45) is 0 Å². The molecule has 2 N–H and O–H groups in total. The third-order valence-corrected chi connectivity index (χ3v) is 5.27. The molecule has 0 saturated carbocycles. The fourth-order valence-electron chi connectivity index (χ4n) is 3.80. The number of carbonyl (C=O) groups excluding carboxylic acids is 1. The Labute approximate surface area is 181 Å². The van der Waals surface area contributed by atoms with Crippen LogP contribution >= 0.6 is 0 Å². The molecule has 4 heteroatoms. The van der Waals surface area contributed by atoms with Crippen molar-refractivity contribution in [1.82, 2.24) is 5.32 Å². The van der Waals surface area contributed by atoms with Gasteiger partial charge in [0.25, 0.3) is 0 Å². The van der Waals surface area contributed by atoms with Crippen LogP contribution in [0.1, 0.15) is 64.6 Å². The highest BCUT2D eigenvalue weighted by molar-refractivity contribution is 5.95. The first kappa shape index (κ1) is 21.8. The van der Waals surface area contributed by atoms with Crippen LogP contribution in [0.25, 0.3) is 0 Å². The van der Waals surface area contributed by atoms with Crippen LogP contribution in [0.3, 0.4) is 0 Å². The molecule has 158 valence electrons. The number of hydrogen-bond acceptors (Lipinski definition) is 3. The van der Waals surface area contributed by atoms with Crippen LogP contribution in [0.2, 0.25) is 0 Å². The van der Waals surface area contributed by atoms with Crippen molar-refractivity contribution in [1.29, 1.82) is 0 Å². The molecular formula is C26H33N3O. The molecule has 0 fully saturated rings. The lowest BCUT2D eigenvalue weighted by Gasteiger charge is -2.40. The molecule has 0 bridgehead atoms. The number of para-hydroxylation sites is 1. The van der Waals surface area contributed by atoms with E-state index in [1.807, 2.05) is 24.0 Å². The molecular weight excluding hydrogens is 370 g/mol. The van der Waals surface area contributed by atoms with E-state index in [2.05, 4.69) is 86.7 Å². The second-order valence-corrected chi connectivity index (χ2v) is 9.01. The Hall–Kier alpha value is -2.93. The Kier molecular flexibility index (Phi) is 6.72. The Morgan fingerprint density at radius 1 is 1.13 bits per heavy atom. The number of rotatable bonds is 4. The number of fused-ring (bicyclic) bond motifs is 1. The first-order valence-electron chi connectivity index (χ1n) is 10.8. The summed E-state index contributed by atoms with van der Waals surface area (Å²) in [5, 5.41) is 6.86. The van der Waals surface area contributed by atoms with Gasteiger partial charge in [-0.25, -0.2) is 0 Å². The molecule has 0 saturated heterocycles. The molecule has 1 aliphatic heterocycles. The third-order valence-electron chi connectivity index (χ3n) is 5.27. The van der Waals surface area contributed by atoms with Crippen molar-refractivity contribution in [3.05, 3.63) is 59.7 Å². The molecule has 3 rings (SSSR count). The van der Waals surface area contributed by atoms with E-state index < -0.39 is 0 Å². The molecule has 0 aliphatic carbocycles. The third kappa shape index (κ3) is 5.36. The van der Waals surface area contributed by atoms with E-state index in [1.165, 1.54) is 11.1 Å². The fraction of sp³-hybridized carbons (Fsp3) is 0.423. The first-order valence-corrected chi connectivity index (χ1v) is 10.8. The number of nitrogens with zero attached hydrogens (tertiary/aromatic N) is 1. The molecule has 0 spiro atoms. The summed E-state index contributed by atoms with van der Waals surface area (Å²) >= 11 is 0. The van der Waals surface area contributed by atoms with E-state index >= 15 is 0 Å². The van der Waals surface area contributed by atoms with E-state index in [4.69, 9.17) is 0 Å². The summed E-state index contributed by atoms with van der Waals surface area (Å²) in [5.74, 6) is 3.36. The zero-order valence-corrected chi connectivity index (χ0v) is 18.8. The van der Waals surface area contributed by atoms with Crippen molar-refractivity contribution >= 4 is 17.3 Å². The van der Waals surface area contributed by atoms with Crippen LogP contribution in [-0.4, -0.2) is 17.5 Å². The van der Waals surface area contributed by atoms with Crippen LogP contribution in [0.5, 0.6) is 0 Å². The molecule has 2 aromatic rings. The highest BCUT2D eigenvalue weighted by Gasteiger charge is 2.32. The molecule has 1 amide bonds.